The highest BCUT2D eigenvalue weighted by atomic mass is 32.1. The Bertz CT molecular complexity index is 780. The van der Waals surface area contributed by atoms with Gasteiger partial charge in [0.15, 0.2) is 0 Å². The summed E-state index contributed by atoms with van der Waals surface area (Å²) in [4.78, 5) is 20.9. The topological polar surface area (TPSA) is 59.2 Å². The summed E-state index contributed by atoms with van der Waals surface area (Å²) in [5, 5.41) is 8.08. The van der Waals surface area contributed by atoms with Gasteiger partial charge in [-0.25, -0.2) is 0 Å². The van der Waals surface area contributed by atoms with Crippen molar-refractivity contribution in [3.05, 3.63) is 45.8 Å². The summed E-state index contributed by atoms with van der Waals surface area (Å²) in [6.45, 7) is 1.41. The summed E-state index contributed by atoms with van der Waals surface area (Å²) in [6.07, 6.45) is 1.36. The van der Waals surface area contributed by atoms with Crippen molar-refractivity contribution in [2.75, 3.05) is 13.1 Å². The lowest BCUT2D eigenvalue weighted by Crippen LogP contribution is -2.27. The Morgan fingerprint density at radius 2 is 2.13 bits per heavy atom. The van der Waals surface area contributed by atoms with E-state index in [1.54, 1.807) is 22.7 Å². The van der Waals surface area contributed by atoms with Crippen LogP contribution in [0.2, 0.25) is 0 Å². The Morgan fingerprint density at radius 1 is 1.26 bits per heavy atom. The SMILES string of the molecule is O=C1CC(c2nc(-c3cccs3)no2)CN1CCc1cccs1. The molecule has 7 heteroatoms. The fourth-order valence-corrected chi connectivity index (χ4v) is 4.11. The predicted molar refractivity (Wildman–Crippen MR) is 89.6 cm³/mol. The van der Waals surface area contributed by atoms with Crippen LogP contribution in [0.4, 0.5) is 0 Å². The van der Waals surface area contributed by atoms with Gasteiger partial charge in [0.1, 0.15) is 0 Å². The molecule has 1 aliphatic heterocycles. The Balaban J connectivity index is 1.42. The number of nitrogens with zero attached hydrogens (tertiary/aromatic N) is 3. The van der Waals surface area contributed by atoms with Crippen LogP contribution in [-0.2, 0) is 11.2 Å². The summed E-state index contributed by atoms with van der Waals surface area (Å²) >= 11 is 3.31. The summed E-state index contributed by atoms with van der Waals surface area (Å²) in [5.41, 5.74) is 0. The average molecular weight is 345 g/mol. The van der Waals surface area contributed by atoms with Crippen LogP contribution in [0.5, 0.6) is 0 Å². The molecule has 0 aliphatic carbocycles. The van der Waals surface area contributed by atoms with Gasteiger partial charge in [0.05, 0.1) is 10.8 Å². The first kappa shape index (κ1) is 14.6. The molecule has 0 aromatic carbocycles. The van der Waals surface area contributed by atoms with Gasteiger partial charge in [-0.1, -0.05) is 17.3 Å². The maximum atomic E-state index is 12.2. The summed E-state index contributed by atoms with van der Waals surface area (Å²) < 4.78 is 5.39. The fraction of sp³-hybridized carbons (Fsp3) is 0.312. The molecule has 1 saturated heterocycles. The molecule has 5 nitrogen and oxygen atoms in total. The van der Waals surface area contributed by atoms with E-state index in [4.69, 9.17) is 4.52 Å². The van der Waals surface area contributed by atoms with E-state index in [1.165, 1.54) is 4.88 Å². The van der Waals surface area contributed by atoms with E-state index < -0.39 is 0 Å². The molecule has 4 heterocycles. The van der Waals surface area contributed by atoms with Crippen LogP contribution < -0.4 is 0 Å². The van der Waals surface area contributed by atoms with Gasteiger partial charge in [-0.15, -0.1) is 22.7 Å². The zero-order chi connectivity index (χ0) is 15.6. The van der Waals surface area contributed by atoms with E-state index in [9.17, 15) is 4.79 Å². The molecule has 0 bridgehead atoms. The summed E-state index contributed by atoms with van der Waals surface area (Å²) in [6, 6.07) is 8.07. The van der Waals surface area contributed by atoms with E-state index in [-0.39, 0.29) is 11.8 Å². The Morgan fingerprint density at radius 3 is 2.91 bits per heavy atom. The van der Waals surface area contributed by atoms with Crippen LogP contribution in [0.3, 0.4) is 0 Å². The zero-order valence-electron chi connectivity index (χ0n) is 12.3. The van der Waals surface area contributed by atoms with Crippen molar-refractivity contribution >= 4 is 28.6 Å². The third kappa shape index (κ3) is 3.07. The Kier molecular flexibility index (Phi) is 3.97. The molecule has 3 aromatic rings. The number of thiophene rings is 2. The van der Waals surface area contributed by atoms with Gasteiger partial charge < -0.3 is 9.42 Å². The molecular formula is C16H15N3O2S2. The summed E-state index contributed by atoms with van der Waals surface area (Å²) in [5.74, 6) is 1.36. The molecule has 1 aliphatic rings. The molecule has 0 radical (unpaired) electrons. The molecule has 3 aromatic heterocycles. The Hall–Kier alpha value is -1.99. The maximum Gasteiger partial charge on any atom is 0.232 e. The van der Waals surface area contributed by atoms with E-state index in [0.717, 1.165) is 17.8 Å². The predicted octanol–water partition coefficient (Wildman–Crippen LogP) is 3.42. The van der Waals surface area contributed by atoms with Gasteiger partial charge in [0.2, 0.25) is 17.6 Å². The van der Waals surface area contributed by atoms with Crippen molar-refractivity contribution in [3.8, 4) is 10.7 Å². The lowest BCUT2D eigenvalue weighted by atomic mass is 10.1. The van der Waals surface area contributed by atoms with Crippen molar-refractivity contribution in [3.63, 3.8) is 0 Å². The monoisotopic (exact) mass is 345 g/mol. The molecule has 1 atom stereocenters. The smallest absolute Gasteiger partial charge is 0.232 e. The van der Waals surface area contributed by atoms with Crippen molar-refractivity contribution in [1.82, 2.24) is 15.0 Å². The van der Waals surface area contributed by atoms with Crippen molar-refractivity contribution in [2.24, 2.45) is 0 Å². The number of carbonyl (C=O) groups excluding carboxylic acids is 1. The van der Waals surface area contributed by atoms with E-state index in [0.29, 0.717) is 24.7 Å². The van der Waals surface area contributed by atoms with Crippen LogP contribution in [0.25, 0.3) is 10.7 Å². The quantitative estimate of drug-likeness (QED) is 0.711. The molecule has 23 heavy (non-hydrogen) atoms. The van der Waals surface area contributed by atoms with E-state index in [2.05, 4.69) is 21.6 Å². The number of amides is 1. The molecular weight excluding hydrogens is 330 g/mol. The first-order valence-electron chi connectivity index (χ1n) is 7.47. The third-order valence-electron chi connectivity index (χ3n) is 3.96. The first-order valence-corrected chi connectivity index (χ1v) is 9.23. The number of hydrogen-bond donors (Lipinski definition) is 0. The highest BCUT2D eigenvalue weighted by Gasteiger charge is 2.34. The maximum absolute atomic E-state index is 12.2. The minimum Gasteiger partial charge on any atom is -0.342 e. The highest BCUT2D eigenvalue weighted by molar-refractivity contribution is 7.13. The highest BCUT2D eigenvalue weighted by Crippen LogP contribution is 2.30. The first-order chi connectivity index (χ1) is 11.3. The van der Waals surface area contributed by atoms with Gasteiger partial charge in [0, 0.05) is 24.4 Å². The minimum atomic E-state index is 0.00653. The van der Waals surface area contributed by atoms with Crippen molar-refractivity contribution in [1.29, 1.82) is 0 Å². The second-order valence-electron chi connectivity index (χ2n) is 5.50. The molecule has 0 spiro atoms. The van der Waals surface area contributed by atoms with Gasteiger partial charge in [-0.3, -0.25) is 4.79 Å². The van der Waals surface area contributed by atoms with Crippen LogP contribution >= 0.6 is 22.7 Å². The normalized spacial score (nSPS) is 18.0. The van der Waals surface area contributed by atoms with Gasteiger partial charge in [0.25, 0.3) is 0 Å². The largest absolute Gasteiger partial charge is 0.342 e. The van der Waals surface area contributed by atoms with Crippen LogP contribution in [0.15, 0.2) is 39.5 Å². The van der Waals surface area contributed by atoms with Gasteiger partial charge in [-0.05, 0) is 29.3 Å². The van der Waals surface area contributed by atoms with Crippen molar-refractivity contribution in [2.45, 2.75) is 18.8 Å². The molecule has 0 N–H and O–H groups in total. The standard InChI is InChI=1S/C16H15N3O2S2/c20-14-9-11(10-19(14)6-5-12-3-1-7-22-12)16-17-15(18-21-16)13-4-2-8-23-13/h1-4,7-8,11H,5-6,9-10H2. The fourth-order valence-electron chi connectivity index (χ4n) is 2.76. The van der Waals surface area contributed by atoms with Crippen LogP contribution in [-0.4, -0.2) is 34.0 Å². The molecule has 1 fully saturated rings. The van der Waals surface area contributed by atoms with Gasteiger partial charge >= 0.3 is 0 Å². The second-order valence-corrected chi connectivity index (χ2v) is 7.48. The number of carbonyl (C=O) groups is 1. The molecule has 118 valence electrons. The van der Waals surface area contributed by atoms with Crippen molar-refractivity contribution < 1.29 is 9.32 Å². The lowest BCUT2D eigenvalue weighted by Gasteiger charge is -2.15. The lowest BCUT2D eigenvalue weighted by molar-refractivity contribution is -0.127. The van der Waals surface area contributed by atoms with Gasteiger partial charge in [-0.2, -0.15) is 4.98 Å². The number of hydrogen-bond acceptors (Lipinski definition) is 6. The molecule has 1 unspecified atom stereocenters. The van der Waals surface area contributed by atoms with E-state index >= 15 is 0 Å². The van der Waals surface area contributed by atoms with Crippen LogP contribution in [0.1, 0.15) is 23.1 Å². The Labute approximate surface area is 141 Å². The summed E-state index contributed by atoms with van der Waals surface area (Å²) in [7, 11) is 0. The van der Waals surface area contributed by atoms with E-state index in [1.807, 2.05) is 28.5 Å². The average Bonchev–Trinajstić information content (AvgIpc) is 3.32. The second kappa shape index (κ2) is 6.25. The number of rotatable bonds is 5. The van der Waals surface area contributed by atoms with Crippen LogP contribution in [0, 0.1) is 0 Å². The molecule has 4 rings (SSSR count). The molecule has 0 saturated carbocycles. The third-order valence-corrected chi connectivity index (χ3v) is 5.76. The number of likely N-dealkylation sites (tertiary alicyclic amines) is 1. The zero-order valence-corrected chi connectivity index (χ0v) is 14.0. The number of aromatic nitrogens is 2. The minimum absolute atomic E-state index is 0.00653. The molecule has 1 amide bonds.